The number of halogens is 6. The Morgan fingerprint density at radius 1 is 0.622 bits per heavy atom. The van der Waals surface area contributed by atoms with Crippen molar-refractivity contribution in [1.82, 2.24) is 0 Å². The van der Waals surface area contributed by atoms with Crippen LogP contribution in [0.15, 0.2) is 0 Å². The molecule has 0 aliphatic rings. The Bertz CT molecular complexity index is 693. The lowest BCUT2D eigenvalue weighted by atomic mass is 10.0. The van der Waals surface area contributed by atoms with Crippen LogP contribution in [0.1, 0.15) is 129 Å². The lowest BCUT2D eigenvalue weighted by Gasteiger charge is -2.36. The number of rotatable bonds is 22. The summed E-state index contributed by atoms with van der Waals surface area (Å²) in [6.07, 6.45) is 5.70. The van der Waals surface area contributed by atoms with E-state index in [1.165, 1.54) is 70.6 Å². The van der Waals surface area contributed by atoms with E-state index in [0.717, 1.165) is 25.7 Å². The maximum atomic E-state index is 13.1. The number of hydrogen-bond donors (Lipinski definition) is 0. The summed E-state index contributed by atoms with van der Waals surface area (Å²) in [4.78, 5) is 11.7. The van der Waals surface area contributed by atoms with Gasteiger partial charge in [-0.25, -0.2) is 8.42 Å². The molecular formula is C25H43F6O5S-. The number of ether oxygens (including phenoxy) is 1. The molecule has 0 spiro atoms. The number of hydrogen-bond acceptors (Lipinski definition) is 5. The maximum absolute atomic E-state index is 13.1. The molecule has 5 nitrogen and oxygen atoms in total. The van der Waals surface area contributed by atoms with Crippen molar-refractivity contribution in [2.45, 2.75) is 147 Å². The van der Waals surface area contributed by atoms with Gasteiger partial charge in [-0.2, -0.15) is 26.3 Å². The van der Waals surface area contributed by atoms with E-state index in [4.69, 9.17) is 0 Å². The molecule has 0 fully saturated rings. The monoisotopic (exact) mass is 569 g/mol. The van der Waals surface area contributed by atoms with Crippen LogP contribution in [0, 0.1) is 0 Å². The Kier molecular flexibility index (Phi) is 17.8. The molecule has 0 amide bonds. The first-order chi connectivity index (χ1) is 17.2. The van der Waals surface area contributed by atoms with E-state index in [-0.39, 0.29) is 6.42 Å². The Morgan fingerprint density at radius 3 is 1.19 bits per heavy atom. The quantitative estimate of drug-likeness (QED) is 0.0566. The molecule has 0 aromatic rings. The van der Waals surface area contributed by atoms with Gasteiger partial charge in [0.15, 0.2) is 0 Å². The van der Waals surface area contributed by atoms with Crippen LogP contribution in [-0.4, -0.2) is 42.6 Å². The van der Waals surface area contributed by atoms with Gasteiger partial charge < -0.3 is 9.29 Å². The number of alkyl halides is 6. The zero-order chi connectivity index (χ0) is 28.4. The predicted octanol–water partition coefficient (Wildman–Crippen LogP) is 8.37. The second kappa shape index (κ2) is 18.3. The molecule has 0 bridgehead atoms. The first-order valence-electron chi connectivity index (χ1n) is 13.4. The van der Waals surface area contributed by atoms with Crippen molar-refractivity contribution < 1.29 is 48.8 Å². The fourth-order valence-electron chi connectivity index (χ4n) is 4.13. The van der Waals surface area contributed by atoms with E-state index >= 15 is 0 Å². The molecule has 0 aliphatic heterocycles. The maximum Gasteiger partial charge on any atom is 0.438 e. The van der Waals surface area contributed by atoms with E-state index in [1.54, 1.807) is 0 Å². The van der Waals surface area contributed by atoms with Crippen molar-refractivity contribution >= 4 is 16.1 Å². The summed E-state index contributed by atoms with van der Waals surface area (Å²) in [7, 11) is -6.01. The highest BCUT2D eigenvalue weighted by Crippen LogP contribution is 2.47. The molecule has 0 aliphatic carbocycles. The molecule has 0 heterocycles. The Balaban J connectivity index is 3.99. The van der Waals surface area contributed by atoms with Crippen LogP contribution in [-0.2, 0) is 19.6 Å². The first kappa shape index (κ1) is 36.0. The number of unbranched alkanes of at least 4 members (excludes halogenated alkanes) is 17. The smallest absolute Gasteiger partial charge is 0.438 e. The molecule has 0 unspecified atom stereocenters. The summed E-state index contributed by atoms with van der Waals surface area (Å²) in [6, 6.07) is 0. The zero-order valence-electron chi connectivity index (χ0n) is 21.9. The van der Waals surface area contributed by atoms with Gasteiger partial charge in [0.1, 0.15) is 0 Å². The van der Waals surface area contributed by atoms with Crippen molar-refractivity contribution in [3.63, 3.8) is 0 Å². The molecular weight excluding hydrogens is 526 g/mol. The summed E-state index contributed by atoms with van der Waals surface area (Å²) < 4.78 is 114. The second-order valence-corrected chi connectivity index (χ2v) is 11.2. The summed E-state index contributed by atoms with van der Waals surface area (Å²) in [6.45, 7) is 2.21. The molecule has 222 valence electrons. The second-order valence-electron chi connectivity index (χ2n) is 9.76. The minimum atomic E-state index is -6.33. The third-order valence-corrected chi connectivity index (χ3v) is 7.08. The fraction of sp³-hybridized carbons (Fsp3) is 0.960. The summed E-state index contributed by atoms with van der Waals surface area (Å²) in [5.74, 6) is -4.81. The van der Waals surface area contributed by atoms with Crippen molar-refractivity contribution in [3.8, 4) is 0 Å². The number of esters is 1. The minimum absolute atomic E-state index is 0.00659. The molecule has 0 rings (SSSR count). The largest absolute Gasteiger partial charge is 0.748 e. The highest BCUT2D eigenvalue weighted by molar-refractivity contribution is 7.85. The summed E-state index contributed by atoms with van der Waals surface area (Å²) in [5, 5.41) is 0. The molecule has 0 N–H and O–H groups in total. The predicted molar refractivity (Wildman–Crippen MR) is 129 cm³/mol. The summed E-state index contributed by atoms with van der Waals surface area (Å²) >= 11 is 0. The highest BCUT2D eigenvalue weighted by atomic mass is 32.2. The molecule has 0 atom stereocenters. The Hall–Kier alpha value is -1.04. The Morgan fingerprint density at radius 2 is 0.919 bits per heavy atom. The van der Waals surface area contributed by atoms with Gasteiger partial charge in [0, 0.05) is 6.42 Å². The van der Waals surface area contributed by atoms with Gasteiger partial charge in [-0.1, -0.05) is 116 Å². The van der Waals surface area contributed by atoms with Gasteiger partial charge in [0.25, 0.3) is 0 Å². The van der Waals surface area contributed by atoms with Crippen molar-refractivity contribution in [3.05, 3.63) is 0 Å². The average molecular weight is 570 g/mol. The van der Waals surface area contributed by atoms with Crippen molar-refractivity contribution in [1.29, 1.82) is 0 Å². The van der Waals surface area contributed by atoms with E-state index in [0.29, 0.717) is 12.8 Å². The third-order valence-electron chi connectivity index (χ3n) is 6.32. The topological polar surface area (TPSA) is 83.5 Å². The van der Waals surface area contributed by atoms with Crippen molar-refractivity contribution in [2.24, 2.45) is 0 Å². The van der Waals surface area contributed by atoms with Crippen LogP contribution in [0.4, 0.5) is 26.3 Å². The van der Waals surface area contributed by atoms with Crippen LogP contribution in [0.2, 0.25) is 0 Å². The average Bonchev–Trinajstić information content (AvgIpc) is 2.75. The highest BCUT2D eigenvalue weighted by Gasteiger charge is 2.75. The summed E-state index contributed by atoms with van der Waals surface area (Å²) in [5.41, 5.74) is -5.38. The fourth-order valence-corrected chi connectivity index (χ4v) is 5.02. The number of carbonyl (C=O) groups is 1. The molecule has 0 aromatic heterocycles. The van der Waals surface area contributed by atoms with Gasteiger partial charge in [-0.3, -0.25) is 4.79 Å². The van der Waals surface area contributed by atoms with Crippen LogP contribution >= 0.6 is 0 Å². The van der Waals surface area contributed by atoms with Crippen molar-refractivity contribution in [2.75, 3.05) is 5.75 Å². The van der Waals surface area contributed by atoms with E-state index in [9.17, 15) is 44.1 Å². The van der Waals surface area contributed by atoms with Crippen LogP contribution in [0.25, 0.3) is 0 Å². The van der Waals surface area contributed by atoms with Crippen LogP contribution < -0.4 is 0 Å². The van der Waals surface area contributed by atoms with Gasteiger partial charge in [0.05, 0.1) is 15.9 Å². The van der Waals surface area contributed by atoms with Gasteiger partial charge in [-0.05, 0) is 6.42 Å². The minimum Gasteiger partial charge on any atom is -0.748 e. The molecule has 0 radical (unpaired) electrons. The molecule has 0 saturated heterocycles. The molecule has 37 heavy (non-hydrogen) atoms. The Labute approximate surface area is 217 Å². The molecule has 0 saturated carbocycles. The lowest BCUT2D eigenvalue weighted by Crippen LogP contribution is -2.63. The lowest BCUT2D eigenvalue weighted by molar-refractivity contribution is -0.361. The molecule has 0 aromatic carbocycles. The van der Waals surface area contributed by atoms with Crippen LogP contribution in [0.3, 0.4) is 0 Å². The van der Waals surface area contributed by atoms with E-state index in [1.807, 2.05) is 0 Å². The van der Waals surface area contributed by atoms with Gasteiger partial charge in [0.2, 0.25) is 0 Å². The normalized spacial score (nSPS) is 13.2. The first-order valence-corrected chi connectivity index (χ1v) is 15.0. The number of carbonyl (C=O) groups excluding carboxylic acids is 1. The standard InChI is InChI=1S/C25H44F6O5S/c1-2-3-4-5-6-7-8-9-10-11-12-13-14-15-16-17-18-19-20-22(32)36-23(24(26,27)28,25(29,30)31)21-37(33,34)35/h2-21H2,1H3,(H,33,34,35)/p-1. The van der Waals surface area contributed by atoms with Gasteiger partial charge in [-0.15, -0.1) is 0 Å². The third kappa shape index (κ3) is 16.5. The van der Waals surface area contributed by atoms with E-state index in [2.05, 4.69) is 11.7 Å². The van der Waals surface area contributed by atoms with Gasteiger partial charge >= 0.3 is 23.9 Å². The van der Waals surface area contributed by atoms with Crippen LogP contribution in [0.5, 0.6) is 0 Å². The zero-order valence-corrected chi connectivity index (χ0v) is 22.7. The SMILES string of the molecule is CCCCCCCCCCCCCCCCCCCCC(=O)OC(CS(=O)(=O)[O-])(C(F)(F)F)C(F)(F)F. The van der Waals surface area contributed by atoms with E-state index < -0.39 is 46.2 Å². The molecule has 12 heteroatoms.